The Morgan fingerprint density at radius 2 is 1.97 bits per heavy atom. The summed E-state index contributed by atoms with van der Waals surface area (Å²) in [5.41, 5.74) is 1.48. The number of likely N-dealkylation sites (tertiary alicyclic amines) is 2. The van der Waals surface area contributed by atoms with E-state index in [1.165, 1.54) is 5.56 Å². The minimum atomic E-state index is -0.432. The molecule has 3 amide bonds. The van der Waals surface area contributed by atoms with Gasteiger partial charge in [0.25, 0.3) is 0 Å². The van der Waals surface area contributed by atoms with Crippen molar-refractivity contribution in [3.8, 4) is 5.75 Å². The molecule has 0 radical (unpaired) electrons. The summed E-state index contributed by atoms with van der Waals surface area (Å²) < 4.78 is 10.9. The quantitative estimate of drug-likeness (QED) is 0.445. The maximum atomic E-state index is 13.0. The van der Waals surface area contributed by atoms with Crippen molar-refractivity contribution in [3.05, 3.63) is 29.8 Å². The number of fused-ring (bicyclic) bond motifs is 1. The molecule has 1 aliphatic carbocycles. The van der Waals surface area contributed by atoms with Crippen molar-refractivity contribution in [2.45, 2.75) is 56.4 Å². The van der Waals surface area contributed by atoms with Crippen LogP contribution in [0.15, 0.2) is 24.3 Å². The summed E-state index contributed by atoms with van der Waals surface area (Å²) in [4.78, 5) is 28.4. The van der Waals surface area contributed by atoms with Crippen LogP contribution < -0.4 is 10.1 Å². The van der Waals surface area contributed by atoms with Crippen LogP contribution in [0.25, 0.3) is 0 Å². The van der Waals surface area contributed by atoms with E-state index >= 15 is 0 Å². The number of nitrogens with zero attached hydrogens (tertiary/aromatic N) is 2. The number of morpholine rings is 1. The van der Waals surface area contributed by atoms with Crippen LogP contribution in [-0.2, 0) is 16.0 Å². The number of hydrogen-bond acceptors (Lipinski definition) is 6. The summed E-state index contributed by atoms with van der Waals surface area (Å²) in [5.74, 6) is 1.38. The lowest BCUT2D eigenvalue weighted by molar-refractivity contribution is -0.140. The van der Waals surface area contributed by atoms with E-state index in [0.717, 1.165) is 44.5 Å². The number of amides is 3. The molecule has 2 atom stereocenters. The van der Waals surface area contributed by atoms with Crippen molar-refractivity contribution in [2.24, 2.45) is 11.3 Å². The Bertz CT molecular complexity index is 854. The number of carbonyl (C=O) groups excluding carboxylic acids is 2. The molecule has 3 heterocycles. The molecule has 33 heavy (non-hydrogen) atoms. The normalized spacial score (nSPS) is 25.9. The third-order valence-electron chi connectivity index (χ3n) is 7.07. The van der Waals surface area contributed by atoms with Gasteiger partial charge in [-0.25, -0.2) is 4.79 Å². The number of carbonyl (C=O) groups is 2. The Balaban J connectivity index is 0.00000126. The number of ether oxygens (including phenoxy) is 2. The molecule has 182 valence electrons. The van der Waals surface area contributed by atoms with E-state index in [9.17, 15) is 9.59 Å². The molecule has 3 aliphatic heterocycles. The molecular weight excluding hydrogens is 458 g/mol. The zero-order valence-electron chi connectivity index (χ0n) is 19.4. The molecule has 1 aromatic carbocycles. The summed E-state index contributed by atoms with van der Waals surface area (Å²) in [6.07, 6.45) is 4.08. The first-order valence-electron chi connectivity index (χ1n) is 12.0. The molecule has 4 aliphatic rings. The zero-order valence-corrected chi connectivity index (χ0v) is 21.2. The zero-order chi connectivity index (χ0) is 23.6. The number of para-hydroxylation sites is 1. The van der Waals surface area contributed by atoms with Gasteiger partial charge >= 0.3 is 6.03 Å². The van der Waals surface area contributed by atoms with E-state index in [-0.39, 0.29) is 36.1 Å². The van der Waals surface area contributed by atoms with Gasteiger partial charge in [-0.15, -0.1) is 25.3 Å². The number of rotatable bonds is 4. The minimum Gasteiger partial charge on any atom is -0.470 e. The van der Waals surface area contributed by atoms with Gasteiger partial charge < -0.3 is 24.6 Å². The van der Waals surface area contributed by atoms with Gasteiger partial charge in [-0.05, 0) is 43.2 Å². The molecule has 1 saturated carbocycles. The Kier molecular flexibility index (Phi) is 7.70. The molecule has 0 unspecified atom stereocenters. The van der Waals surface area contributed by atoms with Crippen LogP contribution in [0.5, 0.6) is 5.75 Å². The van der Waals surface area contributed by atoms with E-state index in [0.29, 0.717) is 19.0 Å². The highest BCUT2D eigenvalue weighted by atomic mass is 32.2. The number of benzene rings is 1. The molecule has 9 heteroatoms. The van der Waals surface area contributed by atoms with E-state index in [1.54, 1.807) is 0 Å². The molecule has 1 spiro atoms. The van der Waals surface area contributed by atoms with E-state index in [4.69, 9.17) is 9.47 Å². The standard InChI is InChI=1S/C22H29N3O4S2.C2H6/c26-19-11-28-18-5-6-24(10-16(18)23-19)20(27)25-12-22(13-25)8-14(9-22)7-15-3-1-2-4-17(15)29-21(30)31;1-2/h1-4,14,16,18,21,30-31H,5-13H2,(H,23,26);1-2H3/t16-,18+;/m1./s1. The number of urea groups is 1. The molecule has 0 bridgehead atoms. The highest BCUT2D eigenvalue weighted by molar-refractivity contribution is 7.98. The first kappa shape index (κ1) is 24.5. The molecule has 0 aromatic heterocycles. The minimum absolute atomic E-state index is 0.0316. The van der Waals surface area contributed by atoms with Crippen LogP contribution >= 0.6 is 25.3 Å². The SMILES string of the molecule is CC.O=C1CO[C@H]2CCN(C(=O)N3CC4(CC(Cc5ccccc5OC(S)S)C4)C3)C[C@H]2N1. The molecule has 1 N–H and O–H groups in total. The van der Waals surface area contributed by atoms with Crippen molar-refractivity contribution >= 4 is 37.2 Å². The van der Waals surface area contributed by atoms with Crippen molar-refractivity contribution < 1.29 is 19.1 Å². The monoisotopic (exact) mass is 493 g/mol. The molecule has 7 nitrogen and oxygen atoms in total. The lowest BCUT2D eigenvalue weighted by Gasteiger charge is -2.60. The molecule has 1 aromatic rings. The van der Waals surface area contributed by atoms with Crippen LogP contribution in [-0.4, -0.2) is 71.4 Å². The summed E-state index contributed by atoms with van der Waals surface area (Å²) >= 11 is 8.42. The molecule has 5 rings (SSSR count). The topological polar surface area (TPSA) is 71.1 Å². The second-order valence-corrected chi connectivity index (χ2v) is 10.8. The number of piperidine rings is 1. The number of nitrogens with one attached hydrogen (secondary N) is 1. The summed E-state index contributed by atoms with van der Waals surface area (Å²) in [6.45, 7) is 7.03. The van der Waals surface area contributed by atoms with Gasteiger partial charge in [0, 0.05) is 31.6 Å². The van der Waals surface area contributed by atoms with Crippen molar-refractivity contribution in [3.63, 3.8) is 0 Å². The van der Waals surface area contributed by atoms with Gasteiger partial charge in [-0.3, -0.25) is 4.79 Å². The Morgan fingerprint density at radius 1 is 1.24 bits per heavy atom. The second kappa shape index (κ2) is 10.4. The third-order valence-corrected chi connectivity index (χ3v) is 7.29. The number of thiol groups is 2. The van der Waals surface area contributed by atoms with Gasteiger partial charge in [-0.2, -0.15) is 0 Å². The maximum Gasteiger partial charge on any atom is 0.320 e. The van der Waals surface area contributed by atoms with E-state index in [2.05, 4.69) is 36.6 Å². The van der Waals surface area contributed by atoms with Crippen LogP contribution in [0, 0.1) is 11.3 Å². The highest BCUT2D eigenvalue weighted by Gasteiger charge is 2.54. The fraction of sp³-hybridized carbons (Fsp3) is 0.667. The van der Waals surface area contributed by atoms with E-state index in [1.807, 2.05) is 41.8 Å². The summed E-state index contributed by atoms with van der Waals surface area (Å²) in [5, 5.41) is 2.97. The van der Waals surface area contributed by atoms with Crippen LogP contribution in [0.1, 0.15) is 38.7 Å². The maximum absolute atomic E-state index is 13.0. The second-order valence-electron chi connectivity index (χ2n) is 9.43. The lowest BCUT2D eigenvalue weighted by atomic mass is 9.56. The summed E-state index contributed by atoms with van der Waals surface area (Å²) in [7, 11) is 0. The predicted molar refractivity (Wildman–Crippen MR) is 134 cm³/mol. The van der Waals surface area contributed by atoms with Gasteiger partial charge in [-0.1, -0.05) is 32.0 Å². The largest absolute Gasteiger partial charge is 0.470 e. The van der Waals surface area contributed by atoms with Crippen molar-refractivity contribution in [1.82, 2.24) is 15.1 Å². The smallest absolute Gasteiger partial charge is 0.320 e. The van der Waals surface area contributed by atoms with Crippen molar-refractivity contribution in [2.75, 3.05) is 32.8 Å². The van der Waals surface area contributed by atoms with E-state index < -0.39 is 4.77 Å². The first-order chi connectivity index (χ1) is 15.9. The summed E-state index contributed by atoms with van der Waals surface area (Å²) in [6, 6.07) is 8.09. The highest BCUT2D eigenvalue weighted by Crippen LogP contribution is 2.53. The number of hydrogen-bond donors (Lipinski definition) is 3. The van der Waals surface area contributed by atoms with Gasteiger partial charge in [0.05, 0.1) is 12.1 Å². The average molecular weight is 494 g/mol. The Labute approximate surface area is 207 Å². The van der Waals surface area contributed by atoms with Crippen LogP contribution in [0.4, 0.5) is 4.79 Å². The predicted octanol–water partition coefficient (Wildman–Crippen LogP) is 3.20. The third kappa shape index (κ3) is 5.41. The van der Waals surface area contributed by atoms with Gasteiger partial charge in [0.15, 0.2) is 4.77 Å². The van der Waals surface area contributed by atoms with Gasteiger partial charge in [0.2, 0.25) is 5.91 Å². The van der Waals surface area contributed by atoms with Gasteiger partial charge in [0.1, 0.15) is 12.4 Å². The molecule has 4 fully saturated rings. The fourth-order valence-corrected chi connectivity index (χ4v) is 5.98. The van der Waals surface area contributed by atoms with Crippen LogP contribution in [0.3, 0.4) is 0 Å². The van der Waals surface area contributed by atoms with Crippen molar-refractivity contribution in [1.29, 1.82) is 0 Å². The lowest BCUT2D eigenvalue weighted by Crippen LogP contribution is -2.68. The fourth-order valence-electron chi connectivity index (χ4n) is 5.75. The molecule has 3 saturated heterocycles. The Hall–Kier alpha value is -1.58. The average Bonchev–Trinajstić information content (AvgIpc) is 2.75. The Morgan fingerprint density at radius 3 is 2.70 bits per heavy atom. The van der Waals surface area contributed by atoms with Crippen LogP contribution in [0.2, 0.25) is 0 Å². The molecular formula is C24H35N3O4S2. The first-order valence-corrected chi connectivity index (χ1v) is 13.0.